The molecule has 0 aliphatic rings. The van der Waals surface area contributed by atoms with E-state index in [2.05, 4.69) is 152 Å². The molecular formula is C52H30N2O2. The molecule has 0 radical (unpaired) electrons. The van der Waals surface area contributed by atoms with Crippen molar-refractivity contribution in [3.05, 3.63) is 182 Å². The summed E-state index contributed by atoms with van der Waals surface area (Å²) >= 11 is 0. The number of para-hydroxylation sites is 2. The largest absolute Gasteiger partial charge is 0.455 e. The van der Waals surface area contributed by atoms with Crippen molar-refractivity contribution in [3.63, 3.8) is 0 Å². The van der Waals surface area contributed by atoms with Gasteiger partial charge in [-0.3, -0.25) is 4.98 Å². The monoisotopic (exact) mass is 714 g/mol. The minimum absolute atomic E-state index is 0.832. The third kappa shape index (κ3) is 4.66. The number of aromatic nitrogens is 2. The van der Waals surface area contributed by atoms with Gasteiger partial charge in [0.2, 0.25) is 0 Å². The van der Waals surface area contributed by atoms with Crippen LogP contribution < -0.4 is 0 Å². The number of rotatable bonds is 4. The molecule has 0 fully saturated rings. The first-order valence-corrected chi connectivity index (χ1v) is 18.9. The summed E-state index contributed by atoms with van der Waals surface area (Å²) in [6.45, 7) is 0. The Morgan fingerprint density at radius 2 is 0.750 bits per heavy atom. The van der Waals surface area contributed by atoms with Crippen molar-refractivity contribution in [2.45, 2.75) is 0 Å². The highest BCUT2D eigenvalue weighted by atomic mass is 16.3. The number of hydrogen-bond acceptors (Lipinski definition) is 4. The highest BCUT2D eigenvalue weighted by molar-refractivity contribution is 6.24. The van der Waals surface area contributed by atoms with Crippen LogP contribution >= 0.6 is 0 Å². The van der Waals surface area contributed by atoms with E-state index in [9.17, 15) is 0 Å². The fraction of sp³-hybridized carbons (Fsp3) is 0. The molecular weight excluding hydrogens is 685 g/mol. The highest BCUT2D eigenvalue weighted by Crippen LogP contribution is 2.45. The molecule has 0 saturated carbocycles. The number of furan rings is 2. The molecule has 0 bridgehead atoms. The van der Waals surface area contributed by atoms with E-state index in [1.165, 1.54) is 10.8 Å². The minimum atomic E-state index is 0.832. The van der Waals surface area contributed by atoms with Gasteiger partial charge < -0.3 is 8.83 Å². The molecule has 12 rings (SSSR count). The normalized spacial score (nSPS) is 11.9. The first-order chi connectivity index (χ1) is 27.7. The predicted molar refractivity (Wildman–Crippen MR) is 231 cm³/mol. The van der Waals surface area contributed by atoms with Crippen LogP contribution in [0.15, 0.2) is 191 Å². The maximum atomic E-state index is 6.61. The van der Waals surface area contributed by atoms with Gasteiger partial charge in [0.25, 0.3) is 0 Å². The van der Waals surface area contributed by atoms with Crippen molar-refractivity contribution in [2.75, 3.05) is 0 Å². The van der Waals surface area contributed by atoms with Gasteiger partial charge in [0.05, 0.1) is 28.5 Å². The van der Waals surface area contributed by atoms with E-state index in [0.29, 0.717) is 0 Å². The SMILES string of the molecule is c1cc(-c2cccc(-c3cnc4c5ccccc5c5ccccc5c4n3)c2)cc(-c2cccc(-c3c4oc5ccccc5c4cc4c3oc3ccccc34)c2)c1. The lowest BCUT2D eigenvalue weighted by atomic mass is 9.94. The highest BCUT2D eigenvalue weighted by Gasteiger charge is 2.21. The molecule has 3 heterocycles. The topological polar surface area (TPSA) is 52.1 Å². The van der Waals surface area contributed by atoms with Crippen molar-refractivity contribution in [2.24, 2.45) is 0 Å². The predicted octanol–water partition coefficient (Wildman–Crippen LogP) is 14.4. The summed E-state index contributed by atoms with van der Waals surface area (Å²) in [4.78, 5) is 10.3. The summed E-state index contributed by atoms with van der Waals surface area (Å²) in [7, 11) is 0. The van der Waals surface area contributed by atoms with Crippen LogP contribution in [0.25, 0.3) is 121 Å². The van der Waals surface area contributed by atoms with Gasteiger partial charge in [0, 0.05) is 37.9 Å². The van der Waals surface area contributed by atoms with Gasteiger partial charge in [0.15, 0.2) is 0 Å². The number of nitrogens with zero attached hydrogens (tertiary/aromatic N) is 2. The Morgan fingerprint density at radius 3 is 1.32 bits per heavy atom. The smallest absolute Gasteiger partial charge is 0.147 e. The summed E-state index contributed by atoms with van der Waals surface area (Å²) in [5.41, 5.74) is 13.6. The van der Waals surface area contributed by atoms with E-state index < -0.39 is 0 Å². The molecule has 0 aliphatic carbocycles. The number of hydrogen-bond donors (Lipinski definition) is 0. The maximum Gasteiger partial charge on any atom is 0.147 e. The second kappa shape index (κ2) is 12.0. The van der Waals surface area contributed by atoms with E-state index >= 15 is 0 Å². The van der Waals surface area contributed by atoms with Gasteiger partial charge in [-0.1, -0.05) is 140 Å². The van der Waals surface area contributed by atoms with Crippen molar-refractivity contribution >= 4 is 76.5 Å². The minimum Gasteiger partial charge on any atom is -0.455 e. The van der Waals surface area contributed by atoms with Crippen LogP contribution in [-0.4, -0.2) is 9.97 Å². The van der Waals surface area contributed by atoms with Crippen molar-refractivity contribution < 1.29 is 8.83 Å². The molecule has 4 heteroatoms. The van der Waals surface area contributed by atoms with Crippen molar-refractivity contribution in [3.8, 4) is 44.6 Å². The van der Waals surface area contributed by atoms with E-state index in [4.69, 9.17) is 18.8 Å². The molecule has 12 aromatic rings. The zero-order valence-electron chi connectivity index (χ0n) is 30.0. The molecule has 0 unspecified atom stereocenters. The summed E-state index contributed by atoms with van der Waals surface area (Å²) in [5.74, 6) is 0. The fourth-order valence-corrected chi connectivity index (χ4v) is 8.65. The zero-order chi connectivity index (χ0) is 36.7. The lowest BCUT2D eigenvalue weighted by Gasteiger charge is -2.12. The Labute approximate surface area is 320 Å². The van der Waals surface area contributed by atoms with Gasteiger partial charge in [-0.05, 0) is 75.0 Å². The van der Waals surface area contributed by atoms with E-state index in [1.807, 2.05) is 30.5 Å². The third-order valence-electron chi connectivity index (χ3n) is 11.3. The van der Waals surface area contributed by atoms with Gasteiger partial charge in [-0.15, -0.1) is 0 Å². The quantitative estimate of drug-likeness (QED) is 0.170. The molecule has 0 N–H and O–H groups in total. The Kier molecular flexibility index (Phi) is 6.60. The van der Waals surface area contributed by atoms with E-state index in [0.717, 1.165) is 110 Å². The third-order valence-corrected chi connectivity index (χ3v) is 11.3. The Morgan fingerprint density at radius 1 is 0.321 bits per heavy atom. The Hall–Kier alpha value is -7.56. The summed E-state index contributed by atoms with van der Waals surface area (Å²) in [5, 5.41) is 8.97. The molecule has 9 aromatic carbocycles. The fourth-order valence-electron chi connectivity index (χ4n) is 8.65. The first kappa shape index (κ1) is 30.9. The second-order valence-corrected chi connectivity index (χ2v) is 14.5. The van der Waals surface area contributed by atoms with Crippen molar-refractivity contribution in [1.82, 2.24) is 9.97 Å². The van der Waals surface area contributed by atoms with Crippen LogP contribution in [0.5, 0.6) is 0 Å². The molecule has 56 heavy (non-hydrogen) atoms. The maximum absolute atomic E-state index is 6.61. The summed E-state index contributed by atoms with van der Waals surface area (Å²) < 4.78 is 13.2. The molecule has 260 valence electrons. The van der Waals surface area contributed by atoms with Gasteiger partial charge >= 0.3 is 0 Å². The van der Waals surface area contributed by atoms with Crippen molar-refractivity contribution in [1.29, 1.82) is 0 Å². The molecule has 0 aliphatic heterocycles. The lowest BCUT2D eigenvalue weighted by Crippen LogP contribution is -1.92. The molecule has 0 spiro atoms. The van der Waals surface area contributed by atoms with Crippen LogP contribution in [0.3, 0.4) is 0 Å². The molecule has 4 nitrogen and oxygen atoms in total. The second-order valence-electron chi connectivity index (χ2n) is 14.5. The average molecular weight is 715 g/mol. The van der Waals surface area contributed by atoms with E-state index in [-0.39, 0.29) is 0 Å². The summed E-state index contributed by atoms with van der Waals surface area (Å²) in [6, 6.07) is 61.7. The van der Waals surface area contributed by atoms with Crippen LogP contribution in [0.4, 0.5) is 0 Å². The zero-order valence-corrected chi connectivity index (χ0v) is 30.0. The average Bonchev–Trinajstić information content (AvgIpc) is 3.84. The molecule has 0 saturated heterocycles. The van der Waals surface area contributed by atoms with Gasteiger partial charge in [-0.25, -0.2) is 4.98 Å². The first-order valence-electron chi connectivity index (χ1n) is 18.9. The van der Waals surface area contributed by atoms with Gasteiger partial charge in [0.1, 0.15) is 22.3 Å². The molecule has 0 amide bonds. The Balaban J connectivity index is 0.968. The van der Waals surface area contributed by atoms with Crippen LogP contribution in [0.2, 0.25) is 0 Å². The van der Waals surface area contributed by atoms with Crippen LogP contribution in [0.1, 0.15) is 0 Å². The van der Waals surface area contributed by atoms with Crippen LogP contribution in [0, 0.1) is 0 Å². The standard InChI is InChI=1S/C52H30N2O2/c1-3-22-41-37(18-1)38-19-2-4-23-42(38)50-49(41)53-30-45(54-50)35-16-10-14-33(27-35)31-12-9-13-32(26-31)34-15-11-17-36(28-34)48-51-43(39-20-5-7-24-46(39)55-51)29-44-40-21-6-8-25-47(40)56-52(44)48/h1-30H. The Bertz CT molecular complexity index is 3430. The number of fused-ring (bicyclic) bond motifs is 12. The summed E-state index contributed by atoms with van der Waals surface area (Å²) in [6.07, 6.45) is 1.91. The van der Waals surface area contributed by atoms with Crippen LogP contribution in [-0.2, 0) is 0 Å². The molecule has 0 atom stereocenters. The number of benzene rings is 9. The lowest BCUT2D eigenvalue weighted by molar-refractivity contribution is 0.658. The molecule has 3 aromatic heterocycles. The van der Waals surface area contributed by atoms with E-state index in [1.54, 1.807) is 0 Å². The van der Waals surface area contributed by atoms with Gasteiger partial charge in [-0.2, -0.15) is 0 Å².